The molecular weight excluding hydrogens is 156 g/mol. The Kier molecular flexibility index (Phi) is 3.78. The molecule has 0 aliphatic rings. The van der Waals surface area contributed by atoms with E-state index in [1.807, 2.05) is 0 Å². The second-order valence-corrected chi connectivity index (χ2v) is 6.25. The highest BCUT2D eigenvalue weighted by Crippen LogP contribution is 2.31. The highest BCUT2D eigenvalue weighted by atomic mass is 14.3. The van der Waals surface area contributed by atoms with Crippen LogP contribution in [0.2, 0.25) is 0 Å². The van der Waals surface area contributed by atoms with Crippen LogP contribution in [0.1, 0.15) is 55.4 Å². The van der Waals surface area contributed by atoms with Crippen LogP contribution in [0, 0.1) is 16.7 Å². The van der Waals surface area contributed by atoms with Crippen molar-refractivity contribution in [3.63, 3.8) is 0 Å². The molecule has 0 aliphatic heterocycles. The summed E-state index contributed by atoms with van der Waals surface area (Å²) in [6.45, 7) is 18.2. The fraction of sp³-hybridized carbons (Fsp3) is 0.846. The van der Waals surface area contributed by atoms with Crippen LogP contribution in [0.3, 0.4) is 0 Å². The average molecular weight is 182 g/mol. The van der Waals surface area contributed by atoms with Crippen molar-refractivity contribution in [3.8, 4) is 0 Å². The van der Waals surface area contributed by atoms with E-state index in [0.29, 0.717) is 16.7 Å². The molecule has 0 saturated carbocycles. The van der Waals surface area contributed by atoms with Crippen LogP contribution in [0.25, 0.3) is 0 Å². The number of allylic oxidation sites excluding steroid dienone is 2. The zero-order valence-corrected chi connectivity index (χ0v) is 10.7. The second-order valence-electron chi connectivity index (χ2n) is 6.25. The molecule has 0 heteroatoms. The molecule has 78 valence electrons. The normalized spacial score (nSPS) is 17.4. The van der Waals surface area contributed by atoms with E-state index in [0.717, 1.165) is 0 Å². The quantitative estimate of drug-likeness (QED) is 0.517. The number of rotatable bonds is 1. The Balaban J connectivity index is 4.59. The van der Waals surface area contributed by atoms with Gasteiger partial charge in [0.15, 0.2) is 0 Å². The monoisotopic (exact) mass is 182 g/mol. The van der Waals surface area contributed by atoms with E-state index < -0.39 is 0 Å². The highest BCUT2D eigenvalue weighted by Gasteiger charge is 2.20. The number of hydrogen-bond donors (Lipinski definition) is 0. The fourth-order valence-electron chi connectivity index (χ4n) is 0.875. The van der Waals surface area contributed by atoms with Gasteiger partial charge in [-0.25, -0.2) is 0 Å². The Morgan fingerprint density at radius 3 is 1.62 bits per heavy atom. The van der Waals surface area contributed by atoms with Crippen molar-refractivity contribution >= 4 is 0 Å². The third-order valence-electron chi connectivity index (χ3n) is 3.05. The molecule has 1 atom stereocenters. The zero-order chi connectivity index (χ0) is 10.9. The molecule has 0 rings (SSSR count). The maximum atomic E-state index is 2.42. The summed E-state index contributed by atoms with van der Waals surface area (Å²) in [6.07, 6.45) is 2.42. The Bertz CT molecular complexity index is 183. The highest BCUT2D eigenvalue weighted by molar-refractivity contribution is 5.10. The first kappa shape index (κ1) is 12.7. The second kappa shape index (κ2) is 3.86. The van der Waals surface area contributed by atoms with Gasteiger partial charge in [-0.3, -0.25) is 0 Å². The van der Waals surface area contributed by atoms with Gasteiger partial charge in [0.25, 0.3) is 0 Å². The van der Waals surface area contributed by atoms with Crippen LogP contribution >= 0.6 is 0 Å². The molecule has 0 bridgehead atoms. The van der Waals surface area contributed by atoms with Gasteiger partial charge in [-0.1, -0.05) is 60.1 Å². The SMILES string of the molecule is C/C(=C\C(C)C(C)(C)C)C(C)(C)C. The molecule has 0 nitrogen and oxygen atoms in total. The molecule has 0 aliphatic carbocycles. The van der Waals surface area contributed by atoms with Gasteiger partial charge in [0.05, 0.1) is 0 Å². The Hall–Kier alpha value is -0.260. The summed E-state index contributed by atoms with van der Waals surface area (Å²) in [7, 11) is 0. The first-order chi connectivity index (χ1) is 5.55. The Labute approximate surface area is 84.4 Å². The first-order valence-electron chi connectivity index (χ1n) is 5.24. The molecule has 1 unspecified atom stereocenters. The van der Waals surface area contributed by atoms with Crippen LogP contribution in [0.15, 0.2) is 11.6 Å². The molecule has 0 N–H and O–H groups in total. The largest absolute Gasteiger partial charge is 0.0817 e. The third kappa shape index (κ3) is 4.50. The summed E-state index contributed by atoms with van der Waals surface area (Å²) in [6, 6.07) is 0. The maximum absolute atomic E-state index is 2.42. The predicted octanol–water partition coefficient (Wildman–Crippen LogP) is 4.66. The summed E-state index contributed by atoms with van der Waals surface area (Å²) >= 11 is 0. The molecule has 0 spiro atoms. The van der Waals surface area contributed by atoms with Crippen molar-refractivity contribution in [1.82, 2.24) is 0 Å². The predicted molar refractivity (Wildman–Crippen MR) is 61.8 cm³/mol. The molecule has 0 aromatic carbocycles. The van der Waals surface area contributed by atoms with E-state index in [2.05, 4.69) is 61.5 Å². The summed E-state index contributed by atoms with van der Waals surface area (Å²) in [5.74, 6) is 0.645. The smallest absolute Gasteiger partial charge is 0.0176 e. The minimum absolute atomic E-state index is 0.319. The summed E-state index contributed by atoms with van der Waals surface area (Å²) in [5.41, 5.74) is 2.20. The Morgan fingerprint density at radius 1 is 1.00 bits per heavy atom. The van der Waals surface area contributed by atoms with Crippen molar-refractivity contribution in [2.45, 2.75) is 55.4 Å². The molecule has 0 aromatic rings. The third-order valence-corrected chi connectivity index (χ3v) is 3.05. The van der Waals surface area contributed by atoms with Crippen LogP contribution < -0.4 is 0 Å². The molecule has 0 aromatic heterocycles. The molecule has 0 heterocycles. The summed E-state index contributed by atoms with van der Waals surface area (Å²) in [5, 5.41) is 0. The lowest BCUT2D eigenvalue weighted by atomic mass is 9.78. The van der Waals surface area contributed by atoms with Gasteiger partial charge in [0.2, 0.25) is 0 Å². The van der Waals surface area contributed by atoms with Crippen LogP contribution in [0.4, 0.5) is 0 Å². The van der Waals surface area contributed by atoms with E-state index >= 15 is 0 Å². The van der Waals surface area contributed by atoms with E-state index in [4.69, 9.17) is 0 Å². The van der Waals surface area contributed by atoms with Crippen molar-refractivity contribution in [2.75, 3.05) is 0 Å². The van der Waals surface area contributed by atoms with Gasteiger partial charge < -0.3 is 0 Å². The van der Waals surface area contributed by atoms with Gasteiger partial charge in [0, 0.05) is 0 Å². The summed E-state index contributed by atoms with van der Waals surface area (Å²) in [4.78, 5) is 0. The lowest BCUT2D eigenvalue weighted by Crippen LogP contribution is -2.17. The number of hydrogen-bond acceptors (Lipinski definition) is 0. The van der Waals surface area contributed by atoms with Gasteiger partial charge in [-0.05, 0) is 23.7 Å². The lowest BCUT2D eigenvalue weighted by Gasteiger charge is -2.28. The van der Waals surface area contributed by atoms with Crippen molar-refractivity contribution in [2.24, 2.45) is 16.7 Å². The Morgan fingerprint density at radius 2 is 1.38 bits per heavy atom. The molecule has 13 heavy (non-hydrogen) atoms. The zero-order valence-electron chi connectivity index (χ0n) is 10.7. The van der Waals surface area contributed by atoms with E-state index in [-0.39, 0.29) is 0 Å². The minimum Gasteiger partial charge on any atom is -0.0817 e. The standard InChI is InChI=1S/C13H26/c1-10(12(3,4)5)9-11(2)13(6,7)8/h9-10H,1-8H3/b11-9+. The average Bonchev–Trinajstić information content (AvgIpc) is 1.82. The van der Waals surface area contributed by atoms with Crippen molar-refractivity contribution in [1.29, 1.82) is 0 Å². The van der Waals surface area contributed by atoms with E-state index in [1.165, 1.54) is 5.57 Å². The van der Waals surface area contributed by atoms with Crippen molar-refractivity contribution in [3.05, 3.63) is 11.6 Å². The van der Waals surface area contributed by atoms with Gasteiger partial charge >= 0.3 is 0 Å². The van der Waals surface area contributed by atoms with Gasteiger partial charge in [0.1, 0.15) is 0 Å². The molecule has 0 radical (unpaired) electrons. The van der Waals surface area contributed by atoms with Crippen LogP contribution in [-0.4, -0.2) is 0 Å². The van der Waals surface area contributed by atoms with Crippen LogP contribution in [-0.2, 0) is 0 Å². The first-order valence-corrected chi connectivity index (χ1v) is 5.24. The molecule has 0 amide bonds. The van der Waals surface area contributed by atoms with Crippen LogP contribution in [0.5, 0.6) is 0 Å². The van der Waals surface area contributed by atoms with E-state index in [9.17, 15) is 0 Å². The maximum Gasteiger partial charge on any atom is -0.0176 e. The minimum atomic E-state index is 0.319. The fourth-order valence-corrected chi connectivity index (χ4v) is 0.875. The molecule has 0 fully saturated rings. The van der Waals surface area contributed by atoms with Gasteiger partial charge in [-0.2, -0.15) is 0 Å². The topological polar surface area (TPSA) is 0 Å². The van der Waals surface area contributed by atoms with E-state index in [1.54, 1.807) is 0 Å². The molecule has 0 saturated heterocycles. The molecular formula is C13H26. The van der Waals surface area contributed by atoms with Crippen molar-refractivity contribution < 1.29 is 0 Å². The summed E-state index contributed by atoms with van der Waals surface area (Å²) < 4.78 is 0. The van der Waals surface area contributed by atoms with Gasteiger partial charge in [-0.15, -0.1) is 0 Å². The lowest BCUT2D eigenvalue weighted by molar-refractivity contribution is 0.309.